The Labute approximate surface area is 284 Å². The fourth-order valence-corrected chi connectivity index (χ4v) is 7.65. The van der Waals surface area contributed by atoms with Crippen LogP contribution in [-0.4, -0.2) is 110 Å². The highest BCUT2D eigenvalue weighted by Crippen LogP contribution is 2.29. The van der Waals surface area contributed by atoms with Crippen molar-refractivity contribution in [2.45, 2.75) is 68.3 Å². The Bertz CT molecular complexity index is 1650. The fourth-order valence-electron chi connectivity index (χ4n) is 6.09. The van der Waals surface area contributed by atoms with E-state index in [-0.39, 0.29) is 49.9 Å². The number of rotatable bonds is 13. The van der Waals surface area contributed by atoms with Crippen LogP contribution in [0.4, 0.5) is 5.69 Å². The van der Waals surface area contributed by atoms with E-state index in [1.54, 1.807) is 0 Å². The number of hydrogen-bond donors (Lipinski definition) is 4. The average molecular weight is 711 g/mol. The van der Waals surface area contributed by atoms with Crippen molar-refractivity contribution in [3.8, 4) is 11.5 Å². The van der Waals surface area contributed by atoms with E-state index in [2.05, 4.69) is 34.3 Å². The Kier molecular flexibility index (Phi) is 14.0. The van der Waals surface area contributed by atoms with Crippen LogP contribution in [-0.2, 0) is 19.9 Å². The van der Waals surface area contributed by atoms with E-state index in [0.29, 0.717) is 30.9 Å². The summed E-state index contributed by atoms with van der Waals surface area (Å²) in [5.74, 6) is -0.224. The van der Waals surface area contributed by atoms with Crippen LogP contribution in [0.3, 0.4) is 0 Å². The van der Waals surface area contributed by atoms with Crippen molar-refractivity contribution in [2.75, 3.05) is 65.0 Å². The molecule has 4 rings (SSSR count). The van der Waals surface area contributed by atoms with Crippen molar-refractivity contribution in [1.29, 1.82) is 0 Å². The maximum absolute atomic E-state index is 12.6. The summed E-state index contributed by atoms with van der Waals surface area (Å²) in [5.41, 5.74) is 6.28. The highest BCUT2D eigenvalue weighted by atomic mass is 32.2. The topological polar surface area (TPSA) is 203 Å². The van der Waals surface area contributed by atoms with Crippen molar-refractivity contribution in [3.05, 3.63) is 41.5 Å². The van der Waals surface area contributed by atoms with Gasteiger partial charge >= 0.3 is 0 Å². The van der Waals surface area contributed by atoms with Gasteiger partial charge in [0.1, 0.15) is 11.5 Å². The summed E-state index contributed by atoms with van der Waals surface area (Å²) >= 11 is 0. The van der Waals surface area contributed by atoms with Crippen LogP contribution in [0.5, 0.6) is 11.5 Å². The molecule has 16 heteroatoms. The van der Waals surface area contributed by atoms with Gasteiger partial charge < -0.3 is 25.8 Å². The second-order valence-electron chi connectivity index (χ2n) is 11.7. The molecule has 0 unspecified atom stereocenters. The van der Waals surface area contributed by atoms with Crippen LogP contribution in [0.25, 0.3) is 0 Å². The first-order valence-electron chi connectivity index (χ1n) is 16.2. The lowest BCUT2D eigenvalue weighted by atomic mass is 10.1. The SMILES string of the molecule is CCN1CCC[C@@H]1CNC(=O)c1cc(S(=O)(=O)CC)c(N)cc1OC.CCN1CCC[C@@H]1CNC(=O)c1cc(S(N)(=O)=O)ccc1OC. The first kappa shape index (κ1) is 39.0. The number of nitrogens with one attached hydrogen (secondary N) is 2. The lowest BCUT2D eigenvalue weighted by Gasteiger charge is -2.23. The van der Waals surface area contributed by atoms with Crippen LogP contribution < -0.4 is 31.0 Å². The van der Waals surface area contributed by atoms with Crippen molar-refractivity contribution >= 4 is 37.4 Å². The first-order chi connectivity index (χ1) is 22.7. The molecule has 2 aromatic rings. The number of carbonyl (C=O) groups excluding carboxylic acids is 2. The Hall–Kier alpha value is -3.44. The number of likely N-dealkylation sites (tertiary alicyclic amines) is 2. The summed E-state index contributed by atoms with van der Waals surface area (Å²) in [6.45, 7) is 10.8. The summed E-state index contributed by atoms with van der Waals surface area (Å²) in [6, 6.07) is 7.34. The van der Waals surface area contributed by atoms with Gasteiger partial charge in [-0.2, -0.15) is 0 Å². The predicted molar refractivity (Wildman–Crippen MR) is 185 cm³/mol. The highest BCUT2D eigenvalue weighted by Gasteiger charge is 2.27. The molecule has 268 valence electrons. The van der Waals surface area contributed by atoms with Crippen LogP contribution >= 0.6 is 0 Å². The molecule has 2 aliphatic rings. The number of hydrogen-bond acceptors (Lipinski definition) is 11. The molecule has 2 aliphatic heterocycles. The van der Waals surface area contributed by atoms with Gasteiger partial charge in [-0.3, -0.25) is 19.4 Å². The summed E-state index contributed by atoms with van der Waals surface area (Å²) < 4.78 is 57.6. The molecule has 48 heavy (non-hydrogen) atoms. The van der Waals surface area contributed by atoms with E-state index in [1.165, 1.54) is 51.5 Å². The molecule has 2 aromatic carbocycles. The molecular formula is C32H50N6O8S2. The van der Waals surface area contributed by atoms with Gasteiger partial charge in [0.15, 0.2) is 9.84 Å². The number of sulfonamides is 1. The second-order valence-corrected chi connectivity index (χ2v) is 15.5. The van der Waals surface area contributed by atoms with Crippen molar-refractivity contribution in [3.63, 3.8) is 0 Å². The number of nitrogens with two attached hydrogens (primary N) is 2. The zero-order valence-electron chi connectivity index (χ0n) is 28.5. The van der Waals surface area contributed by atoms with Gasteiger partial charge in [-0.05, 0) is 76.1 Å². The van der Waals surface area contributed by atoms with E-state index in [4.69, 9.17) is 20.3 Å². The molecule has 0 aromatic heterocycles. The number of anilines is 1. The largest absolute Gasteiger partial charge is 0.496 e. The molecule has 2 fully saturated rings. The zero-order chi connectivity index (χ0) is 35.6. The minimum atomic E-state index is -3.87. The van der Waals surface area contributed by atoms with E-state index in [0.717, 1.165) is 51.9 Å². The maximum Gasteiger partial charge on any atom is 0.255 e. The van der Waals surface area contributed by atoms with Gasteiger partial charge in [0.2, 0.25) is 10.0 Å². The number of nitrogens with zero attached hydrogens (tertiary/aromatic N) is 2. The summed E-state index contributed by atoms with van der Waals surface area (Å²) in [5, 5.41) is 10.9. The van der Waals surface area contributed by atoms with Crippen molar-refractivity contribution in [2.24, 2.45) is 5.14 Å². The third-order valence-electron chi connectivity index (χ3n) is 8.84. The van der Waals surface area contributed by atoms with Crippen LogP contribution in [0.1, 0.15) is 67.2 Å². The number of amides is 2. The van der Waals surface area contributed by atoms with Gasteiger partial charge in [0.25, 0.3) is 11.8 Å². The van der Waals surface area contributed by atoms with E-state index in [1.807, 2.05) is 0 Å². The summed E-state index contributed by atoms with van der Waals surface area (Å²) in [7, 11) is -4.54. The lowest BCUT2D eigenvalue weighted by Crippen LogP contribution is -2.40. The maximum atomic E-state index is 12.6. The van der Waals surface area contributed by atoms with Gasteiger partial charge in [-0.1, -0.05) is 20.8 Å². The number of carbonyl (C=O) groups is 2. The lowest BCUT2D eigenvalue weighted by molar-refractivity contribution is 0.0930. The number of nitrogen functional groups attached to an aromatic ring is 1. The highest BCUT2D eigenvalue weighted by molar-refractivity contribution is 7.91. The number of methoxy groups -OCH3 is 2. The smallest absolute Gasteiger partial charge is 0.255 e. The third kappa shape index (κ3) is 9.81. The Morgan fingerprint density at radius 3 is 1.75 bits per heavy atom. The molecule has 2 amide bonds. The molecular weight excluding hydrogens is 661 g/mol. The molecule has 6 N–H and O–H groups in total. The number of ether oxygens (including phenoxy) is 2. The predicted octanol–water partition coefficient (Wildman–Crippen LogP) is 1.84. The molecule has 2 heterocycles. The van der Waals surface area contributed by atoms with Gasteiger partial charge in [0.05, 0.1) is 46.6 Å². The summed E-state index contributed by atoms with van der Waals surface area (Å²) in [4.78, 5) is 29.5. The number of benzene rings is 2. The van der Waals surface area contributed by atoms with E-state index in [9.17, 15) is 26.4 Å². The second kappa shape index (κ2) is 17.3. The normalized spacial score (nSPS) is 18.5. The molecule has 0 saturated carbocycles. The number of likely N-dealkylation sites (N-methyl/N-ethyl adjacent to an activating group) is 2. The molecule has 0 spiro atoms. The van der Waals surface area contributed by atoms with Crippen molar-refractivity contribution in [1.82, 2.24) is 20.4 Å². The molecule has 0 radical (unpaired) electrons. The Balaban J connectivity index is 0.000000261. The Morgan fingerprint density at radius 2 is 1.31 bits per heavy atom. The number of primary sulfonamides is 1. The molecule has 2 saturated heterocycles. The first-order valence-corrected chi connectivity index (χ1v) is 19.4. The fraction of sp³-hybridized carbons (Fsp3) is 0.562. The van der Waals surface area contributed by atoms with Gasteiger partial charge in [-0.15, -0.1) is 0 Å². The Morgan fingerprint density at radius 1 is 0.812 bits per heavy atom. The molecule has 14 nitrogen and oxygen atoms in total. The molecule has 0 aliphatic carbocycles. The van der Waals surface area contributed by atoms with Crippen LogP contribution in [0, 0.1) is 0 Å². The van der Waals surface area contributed by atoms with Crippen LogP contribution in [0.15, 0.2) is 40.1 Å². The summed E-state index contributed by atoms with van der Waals surface area (Å²) in [6.07, 6.45) is 4.34. The molecule has 0 bridgehead atoms. The van der Waals surface area contributed by atoms with Crippen molar-refractivity contribution < 1.29 is 35.9 Å². The van der Waals surface area contributed by atoms with E-state index >= 15 is 0 Å². The standard InChI is InChI=1S/C17H27N3O4S.C15H23N3O4S/c1-4-20-8-6-7-12(20)11-19-17(21)13-9-16(25(22,23)5-2)14(18)10-15(13)24-3;1-3-18-8-4-5-11(18)10-17-15(19)13-9-12(23(16,20)21)6-7-14(13)22-2/h9-10,12H,4-8,11,18H2,1-3H3,(H,19,21);6-7,9,11H,3-5,8,10H2,1-2H3,(H,17,19)(H2,16,20,21)/t12-;11-/m11/s1. The van der Waals surface area contributed by atoms with Gasteiger partial charge in [0, 0.05) is 31.2 Å². The van der Waals surface area contributed by atoms with Crippen LogP contribution in [0.2, 0.25) is 0 Å². The minimum Gasteiger partial charge on any atom is -0.496 e. The quantitative estimate of drug-likeness (QED) is 0.221. The minimum absolute atomic E-state index is 0.0306. The zero-order valence-corrected chi connectivity index (χ0v) is 30.1. The average Bonchev–Trinajstić information content (AvgIpc) is 3.74. The van der Waals surface area contributed by atoms with Gasteiger partial charge in [-0.25, -0.2) is 22.0 Å². The molecule has 2 atom stereocenters. The number of sulfone groups is 1. The monoisotopic (exact) mass is 710 g/mol. The van der Waals surface area contributed by atoms with E-state index < -0.39 is 19.9 Å². The third-order valence-corrected chi connectivity index (χ3v) is 11.5.